The number of rotatable bonds is 18. The third-order valence-corrected chi connectivity index (χ3v) is 10.0. The quantitative estimate of drug-likeness (QED) is 0.0501. The number of aromatic nitrogens is 4. The van der Waals surface area contributed by atoms with E-state index in [0.29, 0.717) is 18.1 Å². The number of nitrogens with zero attached hydrogens (tertiary/aromatic N) is 4. The highest BCUT2D eigenvalue weighted by molar-refractivity contribution is 7.99. The number of nitrogens with two attached hydrogens (primary N) is 1. The van der Waals surface area contributed by atoms with Crippen molar-refractivity contribution >= 4 is 56.2 Å². The lowest BCUT2D eigenvalue weighted by atomic mass is 9.87. The molecular formula is C24H37N7O13P2S. The van der Waals surface area contributed by atoms with Crippen LogP contribution in [0, 0.1) is 17.8 Å². The zero-order valence-corrected chi connectivity index (χ0v) is 27.8. The number of amides is 2. The molecule has 1 aliphatic rings. The highest BCUT2D eigenvalue weighted by Gasteiger charge is 2.46. The molecule has 3 heterocycles. The van der Waals surface area contributed by atoms with E-state index in [1.54, 1.807) is 0 Å². The van der Waals surface area contributed by atoms with Crippen LogP contribution in [0.25, 0.3) is 11.2 Å². The van der Waals surface area contributed by atoms with Gasteiger partial charge in [0.2, 0.25) is 11.8 Å². The van der Waals surface area contributed by atoms with E-state index in [-0.39, 0.29) is 35.9 Å². The maximum atomic E-state index is 12.4. The summed E-state index contributed by atoms with van der Waals surface area (Å²) in [6.07, 6.45) is -0.289. The third-order valence-electron chi connectivity index (χ3n) is 6.60. The van der Waals surface area contributed by atoms with Crippen LogP contribution in [0.5, 0.6) is 0 Å². The normalized spacial score (nSPS) is 23.0. The van der Waals surface area contributed by atoms with E-state index in [0.717, 1.165) is 6.33 Å². The third kappa shape index (κ3) is 10.9. The summed E-state index contributed by atoms with van der Waals surface area (Å²) in [5.41, 5.74) is 4.59. The van der Waals surface area contributed by atoms with Gasteiger partial charge in [-0.2, -0.15) is 4.31 Å². The molecule has 0 radical (unpaired) electrons. The number of ether oxygens (including phenoxy) is 1. The van der Waals surface area contributed by atoms with Crippen LogP contribution >= 0.6 is 27.4 Å². The first kappa shape index (κ1) is 38.7. The molecular weight excluding hydrogens is 688 g/mol. The molecule has 2 amide bonds. The Labute approximate surface area is 273 Å². The molecule has 9 N–H and O–H groups in total. The number of aliphatic hydroxyl groups excluding tert-OH is 3. The van der Waals surface area contributed by atoms with E-state index in [1.807, 2.05) is 0 Å². The Morgan fingerprint density at radius 3 is 2.57 bits per heavy atom. The second-order valence-electron chi connectivity index (χ2n) is 10.8. The zero-order chi connectivity index (χ0) is 35.0. The number of fused-ring (bicyclic) bond motifs is 1. The molecule has 2 aromatic heterocycles. The summed E-state index contributed by atoms with van der Waals surface area (Å²) in [4.78, 5) is 56.2. The van der Waals surface area contributed by atoms with Gasteiger partial charge in [0.15, 0.2) is 17.7 Å². The fourth-order valence-electron chi connectivity index (χ4n) is 4.06. The van der Waals surface area contributed by atoms with E-state index < -0.39 is 70.8 Å². The molecule has 0 aliphatic carbocycles. The van der Waals surface area contributed by atoms with Crippen LogP contribution < -0.4 is 16.4 Å². The second-order valence-corrected chi connectivity index (χ2v) is 14.9. The summed E-state index contributed by atoms with van der Waals surface area (Å²) in [5.74, 6) is 2.40. The van der Waals surface area contributed by atoms with Crippen LogP contribution in [0.1, 0.15) is 26.5 Å². The van der Waals surface area contributed by atoms with E-state index >= 15 is 0 Å². The second kappa shape index (κ2) is 16.6. The predicted molar refractivity (Wildman–Crippen MR) is 165 cm³/mol. The Hall–Kier alpha value is -2.70. The standard InChI is InChI=1S/C24H37N7O13P2S/c1-4-8-47-9-7-26-15(32)5-6-27-22(36)19(35)24(2,3)11-42-46(39,40)44-45(37,38)41-10-14-17(33)18(34)23(43-14)31-13-30-16-20(25)28-12-29-21(16)31/h1,12-14,17-19,23,33-35H,5-11H2,2-3H3,(H,26,32)(H,27,36)(H,37,38)(H,39,40)(H2,25,28,29)/t14-,17-,18-,19-,23-/m1/s1. The van der Waals surface area contributed by atoms with Crippen molar-refractivity contribution in [2.24, 2.45) is 5.41 Å². The van der Waals surface area contributed by atoms with Gasteiger partial charge in [-0.3, -0.25) is 23.2 Å². The van der Waals surface area contributed by atoms with Crippen molar-refractivity contribution in [1.29, 1.82) is 0 Å². The molecule has 0 spiro atoms. The largest absolute Gasteiger partial charge is 0.481 e. The molecule has 1 saturated heterocycles. The van der Waals surface area contributed by atoms with Gasteiger partial charge in [0.1, 0.15) is 36.3 Å². The van der Waals surface area contributed by atoms with Crippen LogP contribution in [-0.4, -0.2) is 119 Å². The Balaban J connectivity index is 1.45. The van der Waals surface area contributed by atoms with Gasteiger partial charge in [-0.25, -0.2) is 24.1 Å². The van der Waals surface area contributed by atoms with Gasteiger partial charge < -0.3 is 46.2 Å². The first-order valence-electron chi connectivity index (χ1n) is 13.8. The predicted octanol–water partition coefficient (Wildman–Crippen LogP) is -1.35. The van der Waals surface area contributed by atoms with Crippen LogP contribution in [-0.2, 0) is 36.8 Å². The lowest BCUT2D eigenvalue weighted by Crippen LogP contribution is -2.46. The number of hydrogen-bond donors (Lipinski definition) is 8. The van der Waals surface area contributed by atoms with Crippen LogP contribution in [0.15, 0.2) is 12.7 Å². The van der Waals surface area contributed by atoms with Gasteiger partial charge in [-0.15, -0.1) is 18.2 Å². The molecule has 0 saturated carbocycles. The fraction of sp³-hybridized carbons (Fsp3) is 0.625. The minimum atomic E-state index is -5.36. The monoisotopic (exact) mass is 725 g/mol. The summed E-state index contributed by atoms with van der Waals surface area (Å²) in [7, 11) is -10.7. The number of carbonyl (C=O) groups excluding carboxylic acids is 2. The number of thioether (sulfide) groups is 1. The Kier molecular flexibility index (Phi) is 13.7. The van der Waals surface area contributed by atoms with E-state index in [1.165, 1.54) is 36.5 Å². The molecule has 20 nitrogen and oxygen atoms in total. The molecule has 2 unspecified atom stereocenters. The number of terminal acetylenes is 1. The highest BCUT2D eigenvalue weighted by Crippen LogP contribution is 2.61. The summed E-state index contributed by atoms with van der Waals surface area (Å²) in [5, 5.41) is 36.4. The van der Waals surface area contributed by atoms with Crippen molar-refractivity contribution in [3.63, 3.8) is 0 Å². The van der Waals surface area contributed by atoms with E-state index in [4.69, 9.17) is 25.9 Å². The topological polar surface area (TPSA) is 300 Å². The summed E-state index contributed by atoms with van der Waals surface area (Å²) in [6, 6.07) is 0. The van der Waals surface area contributed by atoms with E-state index in [2.05, 4.69) is 35.8 Å². The molecule has 0 bridgehead atoms. The molecule has 262 valence electrons. The fourth-order valence-corrected chi connectivity index (χ4v) is 6.82. The number of nitrogen functional groups attached to an aromatic ring is 1. The molecule has 2 aromatic rings. The maximum absolute atomic E-state index is 12.4. The van der Waals surface area contributed by atoms with Crippen molar-refractivity contribution in [2.75, 3.05) is 43.5 Å². The van der Waals surface area contributed by atoms with Crippen molar-refractivity contribution in [3.8, 4) is 12.3 Å². The van der Waals surface area contributed by atoms with Crippen molar-refractivity contribution < 1.29 is 61.9 Å². The minimum Gasteiger partial charge on any atom is -0.387 e. The summed E-state index contributed by atoms with van der Waals surface area (Å²) in [6.45, 7) is 1.18. The van der Waals surface area contributed by atoms with Crippen molar-refractivity contribution in [1.82, 2.24) is 30.2 Å². The van der Waals surface area contributed by atoms with Gasteiger partial charge in [0.25, 0.3) is 0 Å². The minimum absolute atomic E-state index is 0.0524. The van der Waals surface area contributed by atoms with Crippen molar-refractivity contribution in [2.45, 2.75) is 50.9 Å². The number of aliphatic hydroxyl groups is 3. The number of phosphoric acid groups is 2. The van der Waals surface area contributed by atoms with Crippen LogP contribution in [0.2, 0.25) is 0 Å². The lowest BCUT2D eigenvalue weighted by molar-refractivity contribution is -0.137. The average Bonchev–Trinajstić information content (AvgIpc) is 3.55. The SMILES string of the molecule is C#CCSCCNC(=O)CCNC(=O)[C@@H](O)C(C)(C)COP(=O)(O)OP(=O)(O)OC[C@H]1O[C@@H](n2cnc3c(N)ncnc32)[C@H](O)[C@@H]1O. The lowest BCUT2D eigenvalue weighted by Gasteiger charge is -2.30. The Morgan fingerprint density at radius 2 is 1.87 bits per heavy atom. The first-order valence-corrected chi connectivity index (χ1v) is 18.0. The number of anilines is 1. The van der Waals surface area contributed by atoms with E-state index in [9.17, 15) is 43.8 Å². The highest BCUT2D eigenvalue weighted by atomic mass is 32.2. The number of hydrogen-bond acceptors (Lipinski definition) is 16. The number of phosphoric ester groups is 2. The van der Waals surface area contributed by atoms with Gasteiger partial charge in [0.05, 0.1) is 25.3 Å². The maximum Gasteiger partial charge on any atom is 0.481 e. The van der Waals surface area contributed by atoms with Gasteiger partial charge >= 0.3 is 15.6 Å². The average molecular weight is 726 g/mol. The number of imidazole rings is 1. The molecule has 1 fully saturated rings. The number of carbonyl (C=O) groups is 2. The summed E-state index contributed by atoms with van der Waals surface area (Å²) >= 11 is 1.47. The zero-order valence-electron chi connectivity index (χ0n) is 25.2. The van der Waals surface area contributed by atoms with Gasteiger partial charge in [-0.05, 0) is 0 Å². The molecule has 1 aliphatic heterocycles. The smallest absolute Gasteiger partial charge is 0.387 e. The van der Waals surface area contributed by atoms with Gasteiger partial charge in [-0.1, -0.05) is 19.8 Å². The molecule has 23 heteroatoms. The molecule has 47 heavy (non-hydrogen) atoms. The molecule has 7 atom stereocenters. The van der Waals surface area contributed by atoms with Gasteiger partial charge in [0, 0.05) is 30.7 Å². The summed E-state index contributed by atoms with van der Waals surface area (Å²) < 4.78 is 45.5. The van der Waals surface area contributed by atoms with Crippen LogP contribution in [0.3, 0.4) is 0 Å². The van der Waals surface area contributed by atoms with Crippen molar-refractivity contribution in [3.05, 3.63) is 12.7 Å². The first-order chi connectivity index (χ1) is 22.0. The number of nitrogens with one attached hydrogen (secondary N) is 2. The Morgan fingerprint density at radius 1 is 1.17 bits per heavy atom. The van der Waals surface area contributed by atoms with Crippen LogP contribution in [0.4, 0.5) is 5.82 Å². The molecule has 0 aromatic carbocycles. The molecule has 3 rings (SSSR count). The Bertz CT molecular complexity index is 1540.